The fourth-order valence-electron chi connectivity index (χ4n) is 3.98. The Balaban J connectivity index is 1.49. The van der Waals surface area contributed by atoms with E-state index in [2.05, 4.69) is 71.0 Å². The Morgan fingerprint density at radius 2 is 1.59 bits per heavy atom. The predicted molar refractivity (Wildman–Crippen MR) is 108 cm³/mol. The van der Waals surface area contributed by atoms with Crippen molar-refractivity contribution in [3.63, 3.8) is 0 Å². The second-order valence-electron chi connectivity index (χ2n) is 9.47. The molecule has 3 heteroatoms. The predicted octanol–water partition coefficient (Wildman–Crippen LogP) is 5.43. The van der Waals surface area contributed by atoms with Crippen LogP contribution >= 0.6 is 0 Å². The monoisotopic (exact) mass is 366 g/mol. The summed E-state index contributed by atoms with van der Waals surface area (Å²) in [6.07, 6.45) is 1.97. The molecule has 2 aliphatic rings. The van der Waals surface area contributed by atoms with Crippen molar-refractivity contribution in [3.8, 4) is 17.2 Å². The van der Waals surface area contributed by atoms with E-state index in [0.29, 0.717) is 6.61 Å². The molecule has 3 nitrogen and oxygen atoms in total. The van der Waals surface area contributed by atoms with Crippen LogP contribution in [0.25, 0.3) is 0 Å². The van der Waals surface area contributed by atoms with Crippen LogP contribution in [-0.4, -0.2) is 19.3 Å². The summed E-state index contributed by atoms with van der Waals surface area (Å²) in [4.78, 5) is 0. The van der Waals surface area contributed by atoms with E-state index in [1.165, 1.54) is 16.7 Å². The third kappa shape index (κ3) is 3.65. The van der Waals surface area contributed by atoms with Gasteiger partial charge in [0.2, 0.25) is 0 Å². The van der Waals surface area contributed by atoms with Crippen molar-refractivity contribution in [2.24, 2.45) is 0 Å². The van der Waals surface area contributed by atoms with Gasteiger partial charge < -0.3 is 14.2 Å². The zero-order chi connectivity index (χ0) is 19.2. The van der Waals surface area contributed by atoms with Gasteiger partial charge in [0.1, 0.15) is 18.5 Å². The number of benzene rings is 2. The normalized spacial score (nSPS) is 18.8. The smallest absolute Gasteiger partial charge is 0.161 e. The van der Waals surface area contributed by atoms with Gasteiger partial charge in [0.05, 0.1) is 6.61 Å². The Morgan fingerprint density at radius 3 is 2.37 bits per heavy atom. The molecule has 4 rings (SSSR count). The SMILES string of the molecule is CC(C)(C)c1ccc2c(c1)OCC(CC(C)(C)c1ccc3c(c1)CCO3)O2. The Morgan fingerprint density at radius 1 is 0.852 bits per heavy atom. The molecular formula is C24H30O3. The number of ether oxygens (including phenoxy) is 3. The lowest BCUT2D eigenvalue weighted by atomic mass is 9.79. The average molecular weight is 367 g/mol. The first-order valence-corrected chi connectivity index (χ1v) is 9.93. The maximum Gasteiger partial charge on any atom is 0.161 e. The third-order valence-corrected chi connectivity index (χ3v) is 5.74. The maximum absolute atomic E-state index is 6.30. The van der Waals surface area contributed by atoms with Crippen LogP contribution in [0.4, 0.5) is 0 Å². The first-order valence-electron chi connectivity index (χ1n) is 9.93. The Kier molecular flexibility index (Phi) is 4.37. The zero-order valence-corrected chi connectivity index (χ0v) is 17.1. The molecule has 0 aliphatic carbocycles. The van der Waals surface area contributed by atoms with Crippen LogP contribution in [-0.2, 0) is 17.3 Å². The number of rotatable bonds is 3. The molecule has 0 amide bonds. The van der Waals surface area contributed by atoms with Gasteiger partial charge in [-0.15, -0.1) is 0 Å². The molecule has 0 bridgehead atoms. The largest absolute Gasteiger partial charge is 0.493 e. The van der Waals surface area contributed by atoms with Gasteiger partial charge in [-0.05, 0) is 52.1 Å². The summed E-state index contributed by atoms with van der Waals surface area (Å²) in [5.74, 6) is 2.76. The van der Waals surface area contributed by atoms with E-state index in [1.54, 1.807) is 0 Å². The number of fused-ring (bicyclic) bond motifs is 2. The van der Waals surface area contributed by atoms with Gasteiger partial charge in [0, 0.05) is 6.42 Å². The minimum absolute atomic E-state index is 0.00843. The Bertz CT molecular complexity index is 845. The molecule has 1 atom stereocenters. The topological polar surface area (TPSA) is 27.7 Å². The second kappa shape index (κ2) is 6.47. The molecule has 0 radical (unpaired) electrons. The maximum atomic E-state index is 6.30. The molecule has 27 heavy (non-hydrogen) atoms. The van der Waals surface area contributed by atoms with Crippen molar-refractivity contribution in [1.29, 1.82) is 0 Å². The molecule has 0 aromatic heterocycles. The standard InChI is InChI=1S/C24H30O3/c1-23(2,3)17-6-9-21-22(13-17)26-15-19(27-21)14-24(4,5)18-7-8-20-16(12-18)10-11-25-20/h6-9,12-13,19H,10-11,14-15H2,1-5H3. The van der Waals surface area contributed by atoms with Gasteiger partial charge >= 0.3 is 0 Å². The van der Waals surface area contributed by atoms with Gasteiger partial charge in [-0.25, -0.2) is 0 Å². The van der Waals surface area contributed by atoms with E-state index >= 15 is 0 Å². The molecule has 0 N–H and O–H groups in total. The molecule has 2 heterocycles. The van der Waals surface area contributed by atoms with E-state index in [1.807, 2.05) is 0 Å². The highest BCUT2D eigenvalue weighted by atomic mass is 16.6. The minimum atomic E-state index is 0.00843. The average Bonchev–Trinajstić information content (AvgIpc) is 3.08. The quantitative estimate of drug-likeness (QED) is 0.725. The molecule has 2 aromatic rings. The zero-order valence-electron chi connectivity index (χ0n) is 17.1. The fraction of sp³-hybridized carbons (Fsp3) is 0.500. The molecule has 0 spiro atoms. The van der Waals surface area contributed by atoms with E-state index in [0.717, 1.165) is 36.7 Å². The third-order valence-electron chi connectivity index (χ3n) is 5.74. The summed E-state index contributed by atoms with van der Waals surface area (Å²) in [7, 11) is 0. The van der Waals surface area contributed by atoms with Gasteiger partial charge in [-0.1, -0.05) is 52.8 Å². The van der Waals surface area contributed by atoms with E-state index < -0.39 is 0 Å². The molecule has 0 saturated carbocycles. The van der Waals surface area contributed by atoms with Crippen molar-refractivity contribution < 1.29 is 14.2 Å². The van der Waals surface area contributed by atoms with Crippen LogP contribution in [0.2, 0.25) is 0 Å². The molecule has 2 aliphatic heterocycles. The van der Waals surface area contributed by atoms with Crippen molar-refractivity contribution >= 4 is 0 Å². The van der Waals surface area contributed by atoms with Crippen molar-refractivity contribution in [1.82, 2.24) is 0 Å². The summed E-state index contributed by atoms with van der Waals surface area (Å²) < 4.78 is 18.0. The van der Waals surface area contributed by atoms with E-state index in [4.69, 9.17) is 14.2 Å². The van der Waals surface area contributed by atoms with Crippen molar-refractivity contribution in [2.45, 2.75) is 64.4 Å². The summed E-state index contributed by atoms with van der Waals surface area (Å²) >= 11 is 0. The van der Waals surface area contributed by atoms with Crippen LogP contribution in [0.3, 0.4) is 0 Å². The van der Waals surface area contributed by atoms with Crippen molar-refractivity contribution in [2.75, 3.05) is 13.2 Å². The molecule has 0 saturated heterocycles. The molecule has 144 valence electrons. The highest BCUT2D eigenvalue weighted by Crippen LogP contribution is 2.39. The summed E-state index contributed by atoms with van der Waals surface area (Å²) in [5, 5.41) is 0. The summed E-state index contributed by atoms with van der Waals surface area (Å²) in [6, 6.07) is 12.9. The van der Waals surface area contributed by atoms with Crippen LogP contribution in [0.1, 0.15) is 57.7 Å². The van der Waals surface area contributed by atoms with Crippen LogP contribution in [0, 0.1) is 0 Å². The van der Waals surface area contributed by atoms with Gasteiger partial charge in [-0.2, -0.15) is 0 Å². The minimum Gasteiger partial charge on any atom is -0.493 e. The van der Waals surface area contributed by atoms with Gasteiger partial charge in [-0.3, -0.25) is 0 Å². The lowest BCUT2D eigenvalue weighted by Gasteiger charge is -2.34. The van der Waals surface area contributed by atoms with E-state index in [-0.39, 0.29) is 16.9 Å². The summed E-state index contributed by atoms with van der Waals surface area (Å²) in [6.45, 7) is 12.6. The van der Waals surface area contributed by atoms with Gasteiger partial charge in [0.25, 0.3) is 0 Å². The fourth-order valence-corrected chi connectivity index (χ4v) is 3.98. The lowest BCUT2D eigenvalue weighted by Crippen LogP contribution is -2.35. The Labute approximate surface area is 162 Å². The second-order valence-corrected chi connectivity index (χ2v) is 9.47. The highest BCUT2D eigenvalue weighted by molar-refractivity contribution is 5.46. The molecule has 2 aromatic carbocycles. The Hall–Kier alpha value is -2.16. The van der Waals surface area contributed by atoms with Crippen LogP contribution in [0.15, 0.2) is 36.4 Å². The number of hydrogen-bond acceptors (Lipinski definition) is 3. The number of hydrogen-bond donors (Lipinski definition) is 0. The lowest BCUT2D eigenvalue weighted by molar-refractivity contribution is 0.0700. The first-order chi connectivity index (χ1) is 12.7. The van der Waals surface area contributed by atoms with E-state index in [9.17, 15) is 0 Å². The molecule has 1 unspecified atom stereocenters. The van der Waals surface area contributed by atoms with Crippen LogP contribution < -0.4 is 14.2 Å². The molecule has 0 fully saturated rings. The van der Waals surface area contributed by atoms with Crippen LogP contribution in [0.5, 0.6) is 17.2 Å². The summed E-state index contributed by atoms with van der Waals surface area (Å²) in [5.41, 5.74) is 4.04. The molecular weight excluding hydrogens is 336 g/mol. The van der Waals surface area contributed by atoms with Crippen molar-refractivity contribution in [3.05, 3.63) is 53.1 Å². The highest BCUT2D eigenvalue weighted by Gasteiger charge is 2.31. The first kappa shape index (κ1) is 18.2. The van der Waals surface area contributed by atoms with Gasteiger partial charge in [0.15, 0.2) is 11.5 Å².